The number of carbonyl (C=O) groups excluding carboxylic acids is 2. The van der Waals surface area contributed by atoms with Crippen LogP contribution in [0.25, 0.3) is 0 Å². The Labute approximate surface area is 125 Å². The third kappa shape index (κ3) is 9.27. The average molecular weight is 851 g/mol. The maximum atomic E-state index is 11.7. The Morgan fingerprint density at radius 3 is 1.91 bits per heavy atom. The average Bonchev–Trinajstić information content (AvgIpc) is 2.34. The van der Waals surface area contributed by atoms with E-state index in [-0.39, 0.29) is 13.2 Å². The van der Waals surface area contributed by atoms with Crippen LogP contribution in [-0.2, 0) is 23.2 Å². The summed E-state index contributed by atoms with van der Waals surface area (Å²) in [6, 6.07) is 0.889. The fourth-order valence-corrected chi connectivity index (χ4v) is 5.47. The Kier molecular flexibility index (Phi) is 13.4. The summed E-state index contributed by atoms with van der Waals surface area (Å²) in [4.78, 5) is 23.5. The Balaban J connectivity index is -0.00000180. The van der Waals surface area contributed by atoms with Crippen LogP contribution < -0.4 is 0 Å². The minimum Gasteiger partial charge on any atom is -0.498 e. The SMILES string of the molecule is [CH2-]COC(=O)C(CCC[Si](C)(C)O[Si]C)C(=O)OC[CH2-].[Rf].[Rf]. The van der Waals surface area contributed by atoms with Gasteiger partial charge in [-0.2, -0.15) is 0 Å². The van der Waals surface area contributed by atoms with E-state index in [1.165, 1.54) is 0 Å². The summed E-state index contributed by atoms with van der Waals surface area (Å²) in [7, 11) is -1.23. The number of esters is 2. The van der Waals surface area contributed by atoms with Gasteiger partial charge in [0, 0.05) is 0 Å². The predicted octanol–water partition coefficient (Wildman–Crippen LogP) is 2.03. The van der Waals surface area contributed by atoms with Crippen molar-refractivity contribution in [2.45, 2.75) is 38.5 Å². The van der Waals surface area contributed by atoms with Crippen LogP contribution in [0.15, 0.2) is 0 Å². The quantitative estimate of drug-likeness (QED) is 0.146. The van der Waals surface area contributed by atoms with Gasteiger partial charge in [-0.05, 0) is 45.3 Å². The molecule has 120 valence electrons. The van der Waals surface area contributed by atoms with Gasteiger partial charge in [-0.3, -0.25) is 9.59 Å². The first kappa shape index (κ1) is 24.4. The molecule has 2 radical (unpaired) electrons. The molecule has 0 amide bonds. The predicted molar refractivity (Wildman–Crippen MR) is 80.3 cm³/mol. The van der Waals surface area contributed by atoms with Crippen LogP contribution in [0.2, 0.25) is 25.7 Å². The zero-order valence-corrected chi connectivity index (χ0v) is 28.8. The number of ether oxygens (including phenoxy) is 2. The van der Waals surface area contributed by atoms with E-state index >= 15 is 0 Å². The summed E-state index contributed by atoms with van der Waals surface area (Å²) in [6.45, 7) is 13.1. The van der Waals surface area contributed by atoms with Gasteiger partial charge < -0.3 is 27.4 Å². The first-order valence-electron chi connectivity index (χ1n) is 6.64. The molecule has 0 aromatic heterocycles. The summed E-state index contributed by atoms with van der Waals surface area (Å²) in [6.07, 6.45) is 1.14. The second-order valence-electron chi connectivity index (χ2n) is 4.85. The number of rotatable bonds is 10. The summed E-state index contributed by atoms with van der Waals surface area (Å²) in [5.41, 5.74) is 0. The van der Waals surface area contributed by atoms with E-state index in [0.29, 0.717) is 16.2 Å². The van der Waals surface area contributed by atoms with Gasteiger partial charge in [-0.25, -0.2) is 0 Å². The van der Waals surface area contributed by atoms with Crippen LogP contribution in [0.5, 0.6) is 0 Å². The molecule has 0 heterocycles. The molecule has 0 aromatic carbocycles. The standard InChI is InChI=1S/C13H24O5Si2.2Rf/c1-6-16-12(14)11(13(15)17-7-2)9-8-10-20(4,5)18-19-3;;/h11H,1-2,6-10H2,3-5H3;;/q-2;;. The van der Waals surface area contributed by atoms with Crippen molar-refractivity contribution >= 4 is 30.0 Å². The number of hydrogen-bond donors (Lipinski definition) is 0. The fourth-order valence-electron chi connectivity index (χ4n) is 1.79. The molecule has 22 heavy (non-hydrogen) atoms. The van der Waals surface area contributed by atoms with Crippen LogP contribution in [0, 0.1) is 19.8 Å². The second kappa shape index (κ2) is 12.1. The fraction of sp³-hybridized carbons (Fsp3) is 0.692. The maximum absolute atomic E-state index is 11.7. The van der Waals surface area contributed by atoms with Crippen molar-refractivity contribution in [2.24, 2.45) is 5.92 Å². The van der Waals surface area contributed by atoms with Crippen LogP contribution >= 0.6 is 0 Å². The smallest absolute Gasteiger partial charge is 0.317 e. The molecular formula is C13H24O5Rf2Si2-2. The van der Waals surface area contributed by atoms with E-state index in [0.717, 1.165) is 12.5 Å². The van der Waals surface area contributed by atoms with E-state index in [1.807, 2.05) is 6.55 Å². The zero-order chi connectivity index (χ0) is 15.6. The van der Waals surface area contributed by atoms with Crippen LogP contribution in [0.1, 0.15) is 12.8 Å². The van der Waals surface area contributed by atoms with E-state index in [4.69, 9.17) is 13.6 Å². The molecule has 5 nitrogen and oxygen atoms in total. The molecule has 0 N–H and O–H groups in total. The molecule has 0 aliphatic heterocycles. The van der Waals surface area contributed by atoms with E-state index in [2.05, 4.69) is 26.9 Å². The van der Waals surface area contributed by atoms with Gasteiger partial charge in [-0.15, -0.1) is 0 Å². The van der Waals surface area contributed by atoms with Crippen molar-refractivity contribution in [1.82, 2.24) is 0 Å². The van der Waals surface area contributed by atoms with Crippen molar-refractivity contribution in [1.29, 1.82) is 0 Å². The molecule has 0 bridgehead atoms. The van der Waals surface area contributed by atoms with Gasteiger partial charge >= 0.3 is 11.9 Å². The molecule has 0 aliphatic carbocycles. The minimum atomic E-state index is -1.69. The topological polar surface area (TPSA) is 61.8 Å². The van der Waals surface area contributed by atoms with Gasteiger partial charge in [0.2, 0.25) is 9.76 Å². The minimum absolute atomic E-state index is 0. The molecule has 9 heteroatoms. The van der Waals surface area contributed by atoms with Gasteiger partial charge in [0.05, 0.1) is 0 Å². The summed E-state index contributed by atoms with van der Waals surface area (Å²) in [5.74, 6) is -2.03. The molecule has 0 unspecified atom stereocenters. The second-order valence-corrected chi connectivity index (χ2v) is 10.1. The number of hydrogen-bond acceptors (Lipinski definition) is 5. The maximum Gasteiger partial charge on any atom is 0.317 e. The van der Waals surface area contributed by atoms with Crippen molar-refractivity contribution in [3.05, 3.63) is 13.8 Å². The van der Waals surface area contributed by atoms with Gasteiger partial charge in [0.25, 0.3) is 0 Å². The van der Waals surface area contributed by atoms with Crippen molar-refractivity contribution in [3.8, 4) is 0 Å². The Bertz CT molecular complexity index is 299. The van der Waals surface area contributed by atoms with Crippen molar-refractivity contribution in [2.75, 3.05) is 13.2 Å². The monoisotopic (exact) mass is 850 g/mol. The molecule has 0 spiro atoms. The third-order valence-corrected chi connectivity index (χ3v) is 7.29. The van der Waals surface area contributed by atoms with Gasteiger partial charge in [-0.1, -0.05) is 6.42 Å². The van der Waals surface area contributed by atoms with Gasteiger partial charge in [0.1, 0.15) is 0 Å². The molecule has 0 atom stereocenters. The molecule has 0 rings (SSSR count). The van der Waals surface area contributed by atoms with E-state index in [1.54, 1.807) is 0 Å². The molecule has 0 aromatic rings. The molecule has 0 saturated heterocycles. The molecular weight excluding hydrogens is 826 g/mol. The first-order chi connectivity index (χ1) is 9.37. The van der Waals surface area contributed by atoms with Crippen molar-refractivity contribution < 1.29 is 23.2 Å². The van der Waals surface area contributed by atoms with E-state index < -0.39 is 26.2 Å². The molecule has 0 saturated carbocycles. The normalized spacial score (nSPS) is 10.5. The summed E-state index contributed by atoms with van der Waals surface area (Å²) < 4.78 is 15.4. The first-order valence-corrected chi connectivity index (χ1v) is 11.2. The van der Waals surface area contributed by atoms with Crippen molar-refractivity contribution in [3.63, 3.8) is 0 Å². The Hall–Kier alpha value is -2.67. The van der Waals surface area contributed by atoms with Crippen LogP contribution in [0.3, 0.4) is 0 Å². The van der Waals surface area contributed by atoms with Crippen LogP contribution in [0.4, 0.5) is 0 Å². The van der Waals surface area contributed by atoms with E-state index in [9.17, 15) is 9.59 Å². The molecule has 0 aliphatic rings. The third-order valence-electron chi connectivity index (χ3n) is 2.71. The Morgan fingerprint density at radius 1 is 1.09 bits per heavy atom. The summed E-state index contributed by atoms with van der Waals surface area (Å²) in [5, 5.41) is 0. The molecule has 0 fully saturated rings. The Morgan fingerprint density at radius 2 is 1.55 bits per heavy atom. The largest absolute Gasteiger partial charge is 0.498 e. The number of carbonyl (C=O) groups is 2. The van der Waals surface area contributed by atoms with Crippen LogP contribution in [-0.4, -0.2) is 43.2 Å². The zero-order valence-electron chi connectivity index (χ0n) is 14.0. The summed E-state index contributed by atoms with van der Waals surface area (Å²) >= 11 is 0. The van der Waals surface area contributed by atoms with Gasteiger partial charge in [0.15, 0.2) is 14.2 Å².